The summed E-state index contributed by atoms with van der Waals surface area (Å²) in [4.78, 5) is -0.0664. The van der Waals surface area contributed by atoms with Gasteiger partial charge in [0.15, 0.2) is 0 Å². The number of alkyl halides is 1. The Balaban J connectivity index is 2.38. The molecule has 0 saturated carbocycles. The topological polar surface area (TPSA) is 9.23 Å². The first-order valence-corrected chi connectivity index (χ1v) is 8.06. The van der Waals surface area contributed by atoms with Crippen LogP contribution >= 0.6 is 31.9 Å². The van der Waals surface area contributed by atoms with Crippen LogP contribution in [0.15, 0.2) is 40.9 Å². The molecular weight excluding hydrogens is 387 g/mol. The number of rotatable bonds is 4. The normalized spacial score (nSPS) is 12.2. The van der Waals surface area contributed by atoms with E-state index in [4.69, 9.17) is 4.74 Å². The average molecular weight is 402 g/mol. The molecule has 0 aliphatic rings. The van der Waals surface area contributed by atoms with Crippen molar-refractivity contribution in [2.45, 2.75) is 18.7 Å². The molecule has 0 heterocycles. The highest BCUT2D eigenvalue weighted by atomic mass is 79.9. The van der Waals surface area contributed by atoms with Crippen LogP contribution in [0.3, 0.4) is 0 Å². The minimum Gasteiger partial charge on any atom is -0.494 e. The number of ether oxygens (including phenoxy) is 1. The fourth-order valence-electron chi connectivity index (χ4n) is 2.02. The number of aryl methyl sites for hydroxylation is 1. The van der Waals surface area contributed by atoms with E-state index in [1.807, 2.05) is 32.0 Å². The highest BCUT2D eigenvalue weighted by molar-refractivity contribution is 9.11. The van der Waals surface area contributed by atoms with Crippen molar-refractivity contribution in [3.63, 3.8) is 0 Å². The van der Waals surface area contributed by atoms with Crippen molar-refractivity contribution in [2.24, 2.45) is 0 Å². The molecule has 0 radical (unpaired) electrons. The lowest BCUT2D eigenvalue weighted by Crippen LogP contribution is -1.99. The molecule has 0 N–H and O–H groups in total. The first-order valence-electron chi connectivity index (χ1n) is 6.35. The minimum atomic E-state index is -0.225. The van der Waals surface area contributed by atoms with E-state index >= 15 is 0 Å². The van der Waals surface area contributed by atoms with Gasteiger partial charge in [0, 0.05) is 4.47 Å². The second-order valence-electron chi connectivity index (χ2n) is 4.48. The van der Waals surface area contributed by atoms with Crippen LogP contribution in [0, 0.1) is 12.7 Å². The maximum absolute atomic E-state index is 13.4. The predicted molar refractivity (Wildman–Crippen MR) is 87.2 cm³/mol. The molecule has 0 aromatic heterocycles. The molecule has 0 bridgehead atoms. The van der Waals surface area contributed by atoms with Crippen LogP contribution in [-0.4, -0.2) is 6.61 Å². The Morgan fingerprint density at radius 1 is 1.15 bits per heavy atom. The van der Waals surface area contributed by atoms with Crippen molar-refractivity contribution in [1.29, 1.82) is 0 Å². The van der Waals surface area contributed by atoms with Gasteiger partial charge in [-0.3, -0.25) is 0 Å². The molecule has 2 rings (SSSR count). The molecule has 0 amide bonds. The zero-order valence-corrected chi connectivity index (χ0v) is 14.5. The molecule has 2 aromatic carbocycles. The van der Waals surface area contributed by atoms with Gasteiger partial charge in [-0.15, -0.1) is 0 Å². The van der Waals surface area contributed by atoms with E-state index in [1.54, 1.807) is 12.1 Å². The average Bonchev–Trinajstić information content (AvgIpc) is 2.41. The number of hydrogen-bond acceptors (Lipinski definition) is 1. The van der Waals surface area contributed by atoms with Crippen LogP contribution in [0.1, 0.15) is 28.4 Å². The van der Waals surface area contributed by atoms with Gasteiger partial charge in [-0.2, -0.15) is 0 Å². The molecular formula is C16H15Br2FO. The lowest BCUT2D eigenvalue weighted by molar-refractivity contribution is 0.340. The third-order valence-corrected chi connectivity index (χ3v) is 4.74. The zero-order chi connectivity index (χ0) is 14.7. The molecule has 1 nitrogen and oxygen atoms in total. The van der Waals surface area contributed by atoms with E-state index in [2.05, 4.69) is 31.9 Å². The van der Waals surface area contributed by atoms with Crippen molar-refractivity contribution in [3.05, 3.63) is 63.4 Å². The smallest absolute Gasteiger partial charge is 0.123 e. The molecule has 1 atom stereocenters. The third kappa shape index (κ3) is 3.41. The Morgan fingerprint density at radius 3 is 2.55 bits per heavy atom. The highest BCUT2D eigenvalue weighted by Gasteiger charge is 2.16. The fourth-order valence-corrected chi connectivity index (χ4v) is 3.81. The Kier molecular flexibility index (Phi) is 5.22. The van der Waals surface area contributed by atoms with Crippen molar-refractivity contribution in [1.82, 2.24) is 0 Å². The highest BCUT2D eigenvalue weighted by Crippen LogP contribution is 2.38. The van der Waals surface area contributed by atoms with Crippen LogP contribution in [0.4, 0.5) is 4.39 Å². The van der Waals surface area contributed by atoms with Crippen LogP contribution in [0.25, 0.3) is 0 Å². The zero-order valence-electron chi connectivity index (χ0n) is 11.3. The van der Waals surface area contributed by atoms with Gasteiger partial charge >= 0.3 is 0 Å². The summed E-state index contributed by atoms with van der Waals surface area (Å²) in [6.07, 6.45) is 0. The first kappa shape index (κ1) is 15.5. The van der Waals surface area contributed by atoms with Gasteiger partial charge in [0.25, 0.3) is 0 Å². The molecule has 2 aromatic rings. The van der Waals surface area contributed by atoms with E-state index in [0.29, 0.717) is 6.61 Å². The summed E-state index contributed by atoms with van der Waals surface area (Å²) in [5, 5.41) is 0. The van der Waals surface area contributed by atoms with E-state index in [-0.39, 0.29) is 10.6 Å². The summed E-state index contributed by atoms with van der Waals surface area (Å²) < 4.78 is 19.8. The summed E-state index contributed by atoms with van der Waals surface area (Å²) in [7, 11) is 0. The largest absolute Gasteiger partial charge is 0.494 e. The van der Waals surface area contributed by atoms with Gasteiger partial charge in [-0.25, -0.2) is 4.39 Å². The molecule has 4 heteroatoms. The maximum Gasteiger partial charge on any atom is 0.123 e. The van der Waals surface area contributed by atoms with Crippen molar-refractivity contribution >= 4 is 31.9 Å². The molecule has 0 saturated heterocycles. The van der Waals surface area contributed by atoms with Gasteiger partial charge in [-0.05, 0) is 54.8 Å². The minimum absolute atomic E-state index is 0.0664. The summed E-state index contributed by atoms with van der Waals surface area (Å²) in [5.74, 6) is 0.593. The molecule has 0 fully saturated rings. The lowest BCUT2D eigenvalue weighted by Gasteiger charge is -2.16. The van der Waals surface area contributed by atoms with E-state index < -0.39 is 0 Å². The van der Waals surface area contributed by atoms with E-state index in [0.717, 1.165) is 26.9 Å². The molecule has 0 spiro atoms. The molecule has 106 valence electrons. The van der Waals surface area contributed by atoms with Gasteiger partial charge < -0.3 is 4.74 Å². The van der Waals surface area contributed by atoms with Gasteiger partial charge in [-0.1, -0.05) is 44.0 Å². The Morgan fingerprint density at radius 2 is 1.90 bits per heavy atom. The van der Waals surface area contributed by atoms with Crippen LogP contribution < -0.4 is 4.74 Å². The number of hydrogen-bond donors (Lipinski definition) is 0. The van der Waals surface area contributed by atoms with Crippen LogP contribution in [0.2, 0.25) is 0 Å². The number of benzene rings is 2. The van der Waals surface area contributed by atoms with Gasteiger partial charge in [0.05, 0.1) is 11.4 Å². The summed E-state index contributed by atoms with van der Waals surface area (Å²) >= 11 is 7.21. The Labute approximate surface area is 135 Å². The second kappa shape index (κ2) is 6.72. The Hall–Kier alpha value is -0.870. The van der Waals surface area contributed by atoms with Crippen LogP contribution in [0.5, 0.6) is 5.75 Å². The summed E-state index contributed by atoms with van der Waals surface area (Å²) in [5.41, 5.74) is 3.02. The quantitative estimate of drug-likeness (QED) is 0.590. The maximum atomic E-state index is 13.4. The molecule has 20 heavy (non-hydrogen) atoms. The SMILES string of the molecule is CCOc1ccc(C(Br)c2cc(F)ccc2C)c(Br)c1. The van der Waals surface area contributed by atoms with Crippen molar-refractivity contribution in [2.75, 3.05) is 6.61 Å². The first-order chi connectivity index (χ1) is 9.52. The van der Waals surface area contributed by atoms with Crippen molar-refractivity contribution in [3.8, 4) is 5.75 Å². The lowest BCUT2D eigenvalue weighted by atomic mass is 10.0. The molecule has 0 aliphatic heterocycles. The summed E-state index contributed by atoms with van der Waals surface area (Å²) in [6.45, 7) is 4.56. The van der Waals surface area contributed by atoms with E-state index in [1.165, 1.54) is 6.07 Å². The van der Waals surface area contributed by atoms with Crippen molar-refractivity contribution < 1.29 is 9.13 Å². The van der Waals surface area contributed by atoms with E-state index in [9.17, 15) is 4.39 Å². The van der Waals surface area contributed by atoms with Crippen LogP contribution in [-0.2, 0) is 0 Å². The Bertz CT molecular complexity index is 613. The predicted octanol–water partition coefficient (Wildman–Crippen LogP) is 5.78. The standard InChI is InChI=1S/C16H15Br2FO/c1-3-20-12-6-7-13(15(17)9-12)16(18)14-8-11(19)5-4-10(14)2/h4-9,16H,3H2,1-2H3. The number of halogens is 3. The summed E-state index contributed by atoms with van der Waals surface area (Å²) in [6, 6.07) is 10.7. The third-order valence-electron chi connectivity index (χ3n) is 3.07. The van der Waals surface area contributed by atoms with Gasteiger partial charge in [0.2, 0.25) is 0 Å². The van der Waals surface area contributed by atoms with Gasteiger partial charge in [0.1, 0.15) is 11.6 Å². The second-order valence-corrected chi connectivity index (χ2v) is 6.25. The molecule has 0 aliphatic carbocycles. The monoisotopic (exact) mass is 400 g/mol. The fraction of sp³-hybridized carbons (Fsp3) is 0.250. The molecule has 1 unspecified atom stereocenters.